The van der Waals surface area contributed by atoms with Crippen molar-refractivity contribution >= 4 is 0 Å². The SMILES string of the molecule is CCC(C#N)=C1CC1. The van der Waals surface area contributed by atoms with Crippen molar-refractivity contribution in [3.63, 3.8) is 0 Å². The highest BCUT2D eigenvalue weighted by atomic mass is 14.3. The van der Waals surface area contributed by atoms with Gasteiger partial charge in [-0.05, 0) is 19.3 Å². The summed E-state index contributed by atoms with van der Waals surface area (Å²) >= 11 is 0. The first kappa shape index (κ1) is 5.37. The molecule has 1 nitrogen and oxygen atoms in total. The van der Waals surface area contributed by atoms with E-state index >= 15 is 0 Å². The molecule has 0 amide bonds. The molecule has 1 aliphatic carbocycles. The quantitative estimate of drug-likeness (QED) is 0.470. The highest BCUT2D eigenvalue weighted by Crippen LogP contribution is 2.32. The topological polar surface area (TPSA) is 23.8 Å². The lowest BCUT2D eigenvalue weighted by molar-refractivity contribution is 1.14. The lowest BCUT2D eigenvalue weighted by Gasteiger charge is -1.83. The van der Waals surface area contributed by atoms with E-state index in [1.54, 1.807) is 0 Å². The van der Waals surface area contributed by atoms with Gasteiger partial charge in [0.05, 0.1) is 6.07 Å². The summed E-state index contributed by atoms with van der Waals surface area (Å²) in [7, 11) is 0. The second-order valence-corrected chi connectivity index (χ2v) is 2.05. The minimum atomic E-state index is 0.922. The maximum absolute atomic E-state index is 8.43. The van der Waals surface area contributed by atoms with E-state index in [1.807, 2.05) is 6.92 Å². The molecule has 0 saturated heterocycles. The maximum Gasteiger partial charge on any atom is 0.0946 e. The second-order valence-electron chi connectivity index (χ2n) is 2.05. The van der Waals surface area contributed by atoms with Gasteiger partial charge in [-0.1, -0.05) is 12.5 Å². The first-order valence-electron chi connectivity index (χ1n) is 2.99. The van der Waals surface area contributed by atoms with Gasteiger partial charge < -0.3 is 0 Å². The van der Waals surface area contributed by atoms with Crippen LogP contribution in [0.3, 0.4) is 0 Å². The Hall–Kier alpha value is -0.770. The van der Waals surface area contributed by atoms with Crippen LogP contribution < -0.4 is 0 Å². The lowest BCUT2D eigenvalue weighted by Crippen LogP contribution is -1.70. The van der Waals surface area contributed by atoms with Crippen molar-refractivity contribution < 1.29 is 0 Å². The predicted octanol–water partition coefficient (Wildman–Crippen LogP) is 2.01. The Labute approximate surface area is 49.6 Å². The molecule has 1 aliphatic rings. The number of hydrogen-bond donors (Lipinski definition) is 0. The summed E-state index contributed by atoms with van der Waals surface area (Å²) in [6, 6.07) is 2.19. The Morgan fingerprint density at radius 3 is 2.50 bits per heavy atom. The van der Waals surface area contributed by atoms with Crippen molar-refractivity contribution in [2.45, 2.75) is 26.2 Å². The van der Waals surface area contributed by atoms with Gasteiger partial charge in [-0.15, -0.1) is 0 Å². The van der Waals surface area contributed by atoms with E-state index in [0.717, 1.165) is 12.0 Å². The number of allylic oxidation sites excluding steroid dienone is 2. The molecular formula is C7H9N. The van der Waals surface area contributed by atoms with E-state index < -0.39 is 0 Å². The van der Waals surface area contributed by atoms with Gasteiger partial charge in [0, 0.05) is 5.57 Å². The predicted molar refractivity (Wildman–Crippen MR) is 32.2 cm³/mol. The summed E-state index contributed by atoms with van der Waals surface area (Å²) < 4.78 is 0. The molecule has 1 fully saturated rings. The van der Waals surface area contributed by atoms with Crippen LogP contribution in [-0.4, -0.2) is 0 Å². The average Bonchev–Trinajstić information content (AvgIpc) is 2.53. The van der Waals surface area contributed by atoms with Gasteiger partial charge >= 0.3 is 0 Å². The fourth-order valence-corrected chi connectivity index (χ4v) is 0.772. The molecular weight excluding hydrogens is 98.1 g/mol. The zero-order valence-corrected chi connectivity index (χ0v) is 5.07. The van der Waals surface area contributed by atoms with E-state index in [2.05, 4.69) is 6.07 Å². The smallest absolute Gasteiger partial charge is 0.0946 e. The van der Waals surface area contributed by atoms with E-state index in [4.69, 9.17) is 5.26 Å². The molecule has 0 unspecified atom stereocenters. The molecule has 0 aliphatic heterocycles. The zero-order chi connectivity index (χ0) is 5.98. The summed E-state index contributed by atoms with van der Waals surface area (Å²) in [5, 5.41) is 8.43. The van der Waals surface area contributed by atoms with Crippen molar-refractivity contribution in [3.8, 4) is 6.07 Å². The third kappa shape index (κ3) is 0.894. The van der Waals surface area contributed by atoms with Crippen LogP contribution in [0.15, 0.2) is 11.1 Å². The van der Waals surface area contributed by atoms with Gasteiger partial charge in [0.25, 0.3) is 0 Å². The molecule has 8 heavy (non-hydrogen) atoms. The second kappa shape index (κ2) is 2.00. The van der Waals surface area contributed by atoms with Crippen molar-refractivity contribution in [3.05, 3.63) is 11.1 Å². The standard InChI is InChI=1S/C7H9N/c1-2-6(5-8)7-3-4-7/h2-4H2,1H3. The summed E-state index contributed by atoms with van der Waals surface area (Å²) in [5.41, 5.74) is 2.40. The van der Waals surface area contributed by atoms with Crippen LogP contribution >= 0.6 is 0 Å². The molecule has 0 radical (unpaired) electrons. The van der Waals surface area contributed by atoms with E-state index in [9.17, 15) is 0 Å². The highest BCUT2D eigenvalue weighted by Gasteiger charge is 2.15. The number of hydrogen-bond acceptors (Lipinski definition) is 1. The third-order valence-electron chi connectivity index (χ3n) is 1.42. The molecule has 0 aromatic heterocycles. The fraction of sp³-hybridized carbons (Fsp3) is 0.571. The van der Waals surface area contributed by atoms with Gasteiger partial charge in [0.15, 0.2) is 0 Å². The van der Waals surface area contributed by atoms with Crippen LogP contribution in [0.4, 0.5) is 0 Å². The molecule has 1 rings (SSSR count). The summed E-state index contributed by atoms with van der Waals surface area (Å²) in [5.74, 6) is 0. The van der Waals surface area contributed by atoms with Gasteiger partial charge in [-0.25, -0.2) is 0 Å². The monoisotopic (exact) mass is 107 g/mol. The average molecular weight is 107 g/mol. The Kier molecular flexibility index (Phi) is 1.34. The molecule has 0 atom stereocenters. The molecule has 0 bridgehead atoms. The maximum atomic E-state index is 8.43. The molecule has 0 aromatic carbocycles. The van der Waals surface area contributed by atoms with Gasteiger partial charge in [0.1, 0.15) is 0 Å². The third-order valence-corrected chi connectivity index (χ3v) is 1.42. The van der Waals surface area contributed by atoms with Crippen molar-refractivity contribution in [2.75, 3.05) is 0 Å². The minimum Gasteiger partial charge on any atom is -0.193 e. The molecule has 0 heterocycles. The Morgan fingerprint density at radius 1 is 1.75 bits per heavy atom. The lowest BCUT2D eigenvalue weighted by atomic mass is 10.2. The van der Waals surface area contributed by atoms with Crippen molar-refractivity contribution in [1.82, 2.24) is 0 Å². The molecule has 0 aromatic rings. The van der Waals surface area contributed by atoms with Crippen molar-refractivity contribution in [2.24, 2.45) is 0 Å². The van der Waals surface area contributed by atoms with Crippen LogP contribution in [0.5, 0.6) is 0 Å². The first-order chi connectivity index (χ1) is 3.88. The number of nitrogens with zero attached hydrogens (tertiary/aromatic N) is 1. The van der Waals surface area contributed by atoms with Crippen LogP contribution in [0.1, 0.15) is 26.2 Å². The summed E-state index contributed by atoms with van der Waals surface area (Å²) in [6.07, 6.45) is 3.28. The van der Waals surface area contributed by atoms with Gasteiger partial charge in [0.2, 0.25) is 0 Å². The highest BCUT2D eigenvalue weighted by molar-refractivity contribution is 5.34. The normalized spacial score (nSPS) is 15.2. The van der Waals surface area contributed by atoms with E-state index in [0.29, 0.717) is 0 Å². The Morgan fingerprint density at radius 2 is 2.38 bits per heavy atom. The largest absolute Gasteiger partial charge is 0.193 e. The molecule has 0 spiro atoms. The molecule has 1 heteroatoms. The zero-order valence-electron chi connectivity index (χ0n) is 5.07. The first-order valence-corrected chi connectivity index (χ1v) is 2.99. The number of rotatable bonds is 1. The fourth-order valence-electron chi connectivity index (χ4n) is 0.772. The van der Waals surface area contributed by atoms with Crippen LogP contribution in [-0.2, 0) is 0 Å². The minimum absolute atomic E-state index is 0.922. The van der Waals surface area contributed by atoms with Crippen LogP contribution in [0.2, 0.25) is 0 Å². The van der Waals surface area contributed by atoms with Crippen molar-refractivity contribution in [1.29, 1.82) is 5.26 Å². The Bertz CT molecular complexity index is 154. The van der Waals surface area contributed by atoms with Gasteiger partial charge in [-0.3, -0.25) is 0 Å². The molecule has 1 saturated carbocycles. The molecule has 42 valence electrons. The number of nitriles is 1. The Balaban J connectivity index is 2.66. The van der Waals surface area contributed by atoms with E-state index in [1.165, 1.54) is 18.4 Å². The van der Waals surface area contributed by atoms with Crippen LogP contribution in [0.25, 0.3) is 0 Å². The van der Waals surface area contributed by atoms with E-state index in [-0.39, 0.29) is 0 Å². The van der Waals surface area contributed by atoms with Gasteiger partial charge in [-0.2, -0.15) is 5.26 Å². The summed E-state index contributed by atoms with van der Waals surface area (Å²) in [6.45, 7) is 2.03. The molecule has 0 N–H and O–H groups in total. The summed E-state index contributed by atoms with van der Waals surface area (Å²) in [4.78, 5) is 0. The van der Waals surface area contributed by atoms with Crippen LogP contribution in [0, 0.1) is 11.3 Å².